The maximum Gasteiger partial charge on any atom is 0.304 e. The van der Waals surface area contributed by atoms with Crippen molar-refractivity contribution in [2.45, 2.75) is 31.7 Å². The summed E-state index contributed by atoms with van der Waals surface area (Å²) in [6.07, 6.45) is 8.96. The minimum absolute atomic E-state index is 0.194. The Morgan fingerprint density at radius 1 is 1.43 bits per heavy atom. The zero-order valence-electron chi connectivity index (χ0n) is 13.0. The van der Waals surface area contributed by atoms with Crippen LogP contribution in [0.1, 0.15) is 36.8 Å². The molecule has 0 aliphatic carbocycles. The summed E-state index contributed by atoms with van der Waals surface area (Å²) in [7, 11) is 0. The van der Waals surface area contributed by atoms with Gasteiger partial charge in [0, 0.05) is 18.2 Å². The molecule has 1 atom stereocenters. The minimum Gasteiger partial charge on any atom is -0.481 e. The topological polar surface area (TPSA) is 53.7 Å². The molecule has 4 nitrogen and oxygen atoms in total. The van der Waals surface area contributed by atoms with E-state index in [0.717, 1.165) is 37.9 Å². The van der Waals surface area contributed by atoms with E-state index < -0.39 is 5.97 Å². The number of likely N-dealkylation sites (tertiary alicyclic amines) is 1. The molecule has 1 saturated heterocycles. The van der Waals surface area contributed by atoms with Gasteiger partial charge in [-0.3, -0.25) is 9.69 Å². The highest BCUT2D eigenvalue weighted by Crippen LogP contribution is 2.27. The zero-order valence-corrected chi connectivity index (χ0v) is 13.8. The summed E-state index contributed by atoms with van der Waals surface area (Å²) in [4.78, 5) is 13.3. The molecule has 1 N–H and O–H groups in total. The zero-order chi connectivity index (χ0) is 16.1. The van der Waals surface area contributed by atoms with Crippen molar-refractivity contribution in [3.05, 3.63) is 52.6 Å². The van der Waals surface area contributed by atoms with Crippen LogP contribution in [0.5, 0.6) is 0 Å². The van der Waals surface area contributed by atoms with Crippen LogP contribution in [-0.4, -0.2) is 35.1 Å². The number of carboxylic acids is 1. The number of hydrogen-bond donors (Lipinski definition) is 1. The summed E-state index contributed by atoms with van der Waals surface area (Å²) in [5, 5.41) is 13.2. The Bertz CT molecular complexity index is 610. The fraction of sp³-hybridized carbons (Fsp3) is 0.389. The third-order valence-corrected chi connectivity index (χ3v) is 5.02. The number of nitrogens with zero attached hydrogens (tertiary/aromatic N) is 1. The Balaban J connectivity index is 1.66. The van der Waals surface area contributed by atoms with E-state index in [0.29, 0.717) is 0 Å². The highest BCUT2D eigenvalue weighted by molar-refractivity contribution is 7.08. The van der Waals surface area contributed by atoms with Gasteiger partial charge in [0.15, 0.2) is 0 Å². The Morgan fingerprint density at radius 3 is 3.04 bits per heavy atom. The van der Waals surface area contributed by atoms with Gasteiger partial charge in [-0.1, -0.05) is 6.08 Å². The fourth-order valence-electron chi connectivity index (χ4n) is 3.23. The van der Waals surface area contributed by atoms with Crippen LogP contribution in [0.3, 0.4) is 0 Å². The monoisotopic (exact) mass is 331 g/mol. The summed E-state index contributed by atoms with van der Waals surface area (Å²) < 4.78 is 5.22. The van der Waals surface area contributed by atoms with Gasteiger partial charge in [-0.15, -0.1) is 0 Å². The molecule has 3 rings (SSSR count). The van der Waals surface area contributed by atoms with Gasteiger partial charge in [0.25, 0.3) is 0 Å². The molecule has 2 aromatic rings. The number of aliphatic carboxylic acids is 1. The quantitative estimate of drug-likeness (QED) is 0.830. The highest BCUT2D eigenvalue weighted by Gasteiger charge is 2.25. The Labute approximate surface area is 140 Å². The SMILES string of the molecule is O=C(O)C[C@@H]1CCCN1CCC=C(c1ccoc1)c1ccsc1. The van der Waals surface area contributed by atoms with Crippen LogP contribution in [0.2, 0.25) is 0 Å². The van der Waals surface area contributed by atoms with E-state index in [2.05, 4.69) is 27.8 Å². The Kier molecular flexibility index (Phi) is 5.31. The summed E-state index contributed by atoms with van der Waals surface area (Å²) in [6, 6.07) is 4.29. The van der Waals surface area contributed by atoms with E-state index in [9.17, 15) is 4.79 Å². The van der Waals surface area contributed by atoms with E-state index in [1.807, 2.05) is 6.07 Å². The molecule has 0 bridgehead atoms. The Morgan fingerprint density at radius 2 is 2.35 bits per heavy atom. The highest BCUT2D eigenvalue weighted by atomic mass is 32.1. The lowest BCUT2D eigenvalue weighted by Gasteiger charge is -2.22. The molecule has 0 unspecified atom stereocenters. The minimum atomic E-state index is -0.699. The van der Waals surface area contributed by atoms with Crippen LogP contribution in [-0.2, 0) is 4.79 Å². The molecule has 0 saturated carbocycles. The standard InChI is InChI=1S/C18H21NO3S/c20-18(21)11-16-3-1-7-19(16)8-2-4-17(14-5-9-22-12-14)15-6-10-23-13-15/h4-6,9-10,12-13,16H,1-3,7-8,11H2,(H,20,21)/t16-/m0/s1. The van der Waals surface area contributed by atoms with Crippen LogP contribution in [0, 0.1) is 0 Å². The van der Waals surface area contributed by atoms with E-state index >= 15 is 0 Å². The summed E-state index contributed by atoms with van der Waals surface area (Å²) >= 11 is 1.68. The third-order valence-electron chi connectivity index (χ3n) is 4.34. The lowest BCUT2D eigenvalue weighted by Crippen LogP contribution is -2.32. The average Bonchev–Trinajstić information content (AvgIpc) is 3.26. The molecule has 0 amide bonds. The largest absolute Gasteiger partial charge is 0.481 e. The van der Waals surface area contributed by atoms with E-state index in [4.69, 9.17) is 9.52 Å². The number of carbonyl (C=O) groups is 1. The van der Waals surface area contributed by atoms with Gasteiger partial charge in [0.2, 0.25) is 0 Å². The molecule has 3 heterocycles. The number of rotatable bonds is 7. The molecule has 23 heavy (non-hydrogen) atoms. The average molecular weight is 331 g/mol. The first-order valence-electron chi connectivity index (χ1n) is 7.95. The molecule has 1 fully saturated rings. The number of hydrogen-bond acceptors (Lipinski definition) is 4. The number of thiophene rings is 1. The van der Waals surface area contributed by atoms with E-state index in [-0.39, 0.29) is 12.5 Å². The predicted octanol–water partition coefficient (Wildman–Crippen LogP) is 4.10. The molecule has 1 aliphatic heterocycles. The molecular formula is C18H21NO3S. The van der Waals surface area contributed by atoms with Crippen molar-refractivity contribution >= 4 is 22.9 Å². The van der Waals surface area contributed by atoms with E-state index in [1.54, 1.807) is 23.9 Å². The Hall–Kier alpha value is -1.85. The first-order chi connectivity index (χ1) is 11.2. The second kappa shape index (κ2) is 7.62. The smallest absolute Gasteiger partial charge is 0.304 e. The van der Waals surface area contributed by atoms with Crippen molar-refractivity contribution in [1.29, 1.82) is 0 Å². The molecule has 0 radical (unpaired) electrons. The fourth-order valence-corrected chi connectivity index (χ4v) is 3.89. The van der Waals surface area contributed by atoms with Gasteiger partial charge >= 0.3 is 5.97 Å². The van der Waals surface area contributed by atoms with E-state index in [1.165, 1.54) is 11.1 Å². The second-order valence-electron chi connectivity index (χ2n) is 5.86. The molecule has 2 aromatic heterocycles. The molecule has 0 aromatic carbocycles. The van der Waals surface area contributed by atoms with Crippen LogP contribution in [0.25, 0.3) is 5.57 Å². The summed E-state index contributed by atoms with van der Waals surface area (Å²) in [5.41, 5.74) is 3.49. The van der Waals surface area contributed by atoms with Crippen LogP contribution in [0.4, 0.5) is 0 Å². The first kappa shape index (κ1) is 16.0. The van der Waals surface area contributed by atoms with Gasteiger partial charge < -0.3 is 9.52 Å². The summed E-state index contributed by atoms with van der Waals surface area (Å²) in [5.74, 6) is -0.699. The summed E-state index contributed by atoms with van der Waals surface area (Å²) in [6.45, 7) is 1.91. The van der Waals surface area contributed by atoms with Gasteiger partial charge in [-0.05, 0) is 59.8 Å². The lowest BCUT2D eigenvalue weighted by molar-refractivity contribution is -0.138. The van der Waals surface area contributed by atoms with Gasteiger partial charge in [-0.25, -0.2) is 0 Å². The second-order valence-corrected chi connectivity index (χ2v) is 6.64. The van der Waals surface area contributed by atoms with Gasteiger partial charge in [0.1, 0.15) is 0 Å². The van der Waals surface area contributed by atoms with Crippen LogP contribution in [0.15, 0.2) is 45.9 Å². The predicted molar refractivity (Wildman–Crippen MR) is 91.6 cm³/mol. The molecule has 0 spiro atoms. The number of furan rings is 1. The van der Waals surface area contributed by atoms with Crippen molar-refractivity contribution in [3.63, 3.8) is 0 Å². The molecule has 1 aliphatic rings. The normalized spacial score (nSPS) is 19.3. The van der Waals surface area contributed by atoms with Crippen molar-refractivity contribution in [3.8, 4) is 0 Å². The first-order valence-corrected chi connectivity index (χ1v) is 8.89. The molecule has 122 valence electrons. The number of carboxylic acid groups (broad SMARTS) is 1. The van der Waals surface area contributed by atoms with Crippen molar-refractivity contribution < 1.29 is 14.3 Å². The van der Waals surface area contributed by atoms with Gasteiger partial charge in [-0.2, -0.15) is 11.3 Å². The van der Waals surface area contributed by atoms with Crippen molar-refractivity contribution in [1.82, 2.24) is 4.90 Å². The van der Waals surface area contributed by atoms with Crippen molar-refractivity contribution in [2.75, 3.05) is 13.1 Å². The maximum atomic E-state index is 10.9. The molecular weight excluding hydrogens is 310 g/mol. The molecule has 5 heteroatoms. The lowest BCUT2D eigenvalue weighted by atomic mass is 10.0. The maximum absolute atomic E-state index is 10.9. The van der Waals surface area contributed by atoms with Crippen LogP contribution >= 0.6 is 11.3 Å². The van der Waals surface area contributed by atoms with Crippen molar-refractivity contribution in [2.24, 2.45) is 0 Å². The third kappa shape index (κ3) is 4.12. The van der Waals surface area contributed by atoms with Crippen LogP contribution < -0.4 is 0 Å². The van der Waals surface area contributed by atoms with Gasteiger partial charge in [0.05, 0.1) is 18.9 Å².